The lowest BCUT2D eigenvalue weighted by molar-refractivity contribution is 0.553. The zero-order valence-corrected chi connectivity index (χ0v) is 77.7. The highest BCUT2D eigenvalue weighted by Gasteiger charge is 2.37. The van der Waals surface area contributed by atoms with Crippen molar-refractivity contribution in [2.24, 2.45) is 0 Å². The molecule has 4 aromatic heterocycles. The van der Waals surface area contributed by atoms with Crippen LogP contribution >= 0.6 is 78.2 Å². The minimum atomic E-state index is -0.0992. The monoisotopic (exact) mass is 1530 g/mol. The fourth-order valence-electron chi connectivity index (χ4n) is 14.0. The molecule has 0 aliphatic heterocycles. The Kier molecular flexibility index (Phi) is 22.2. The summed E-state index contributed by atoms with van der Waals surface area (Å²) in [6.45, 7) is 87.3. The highest BCUT2D eigenvalue weighted by molar-refractivity contribution is 7.43. The van der Waals surface area contributed by atoms with E-state index in [1.807, 2.05) is 45.3 Å². The molecule has 10 aromatic rings. The van der Waals surface area contributed by atoms with Crippen LogP contribution in [0.3, 0.4) is 0 Å². The molecule has 0 amide bonds. The Balaban J connectivity index is 1.33. The van der Waals surface area contributed by atoms with Crippen LogP contribution in [-0.2, 0) is 65.0 Å². The van der Waals surface area contributed by atoms with E-state index in [1.54, 1.807) is 0 Å². The summed E-state index contributed by atoms with van der Waals surface area (Å²) in [6.07, 6.45) is 0. The van der Waals surface area contributed by atoms with Crippen molar-refractivity contribution in [3.05, 3.63) is 194 Å². The van der Waals surface area contributed by atoms with Gasteiger partial charge < -0.3 is 0 Å². The Morgan fingerprint density at radius 1 is 0.202 bits per heavy atom. The highest BCUT2D eigenvalue weighted by Crippen LogP contribution is 2.54. The van der Waals surface area contributed by atoms with E-state index in [0.717, 1.165) is 0 Å². The molecule has 0 saturated carbocycles. The highest BCUT2D eigenvalue weighted by atomic mass is 32.1. The van der Waals surface area contributed by atoms with E-state index >= 15 is 0 Å². The van der Waals surface area contributed by atoms with Crippen molar-refractivity contribution in [3.63, 3.8) is 0 Å². The van der Waals surface area contributed by atoms with E-state index in [2.05, 4.69) is 357 Å². The van der Waals surface area contributed by atoms with Gasteiger partial charge in [-0.3, -0.25) is 0 Å². The fourth-order valence-corrected chi connectivity index (χ4v) is 26.0. The van der Waals surface area contributed by atoms with Gasteiger partial charge in [-0.1, -0.05) is 343 Å². The van der Waals surface area contributed by atoms with Gasteiger partial charge in [-0.25, -0.2) is 0 Å². The first-order chi connectivity index (χ1) is 47.2. The maximum Gasteiger partial charge on any atom is 0.0449 e. The molecular formula is C96H126P4S4. The van der Waals surface area contributed by atoms with Crippen LogP contribution in [0, 0.1) is 19.8 Å². The first-order valence-electron chi connectivity index (χ1n) is 38.1. The Hall–Kier alpha value is -4.16. The van der Waals surface area contributed by atoms with Gasteiger partial charge in [0.2, 0.25) is 0 Å². The molecule has 0 fully saturated rings. The average molecular weight is 1530 g/mol. The second kappa shape index (κ2) is 28.0. The van der Waals surface area contributed by atoms with Crippen LogP contribution in [0.1, 0.15) is 316 Å². The Morgan fingerprint density at radius 3 is 0.529 bits per heavy atom. The third-order valence-corrected chi connectivity index (χ3v) is 30.7. The number of rotatable bonds is 9. The molecule has 8 heteroatoms. The van der Waals surface area contributed by atoms with Crippen LogP contribution < -0.4 is 21.2 Å². The number of hydrogen-bond donors (Lipinski definition) is 0. The molecule has 0 atom stereocenters. The van der Waals surface area contributed by atoms with Gasteiger partial charge in [0.25, 0.3) is 0 Å². The first-order valence-corrected chi connectivity index (χ1v) is 45.1. The lowest BCUT2D eigenvalue weighted by Crippen LogP contribution is -2.30. The molecule has 554 valence electrons. The summed E-state index contributed by atoms with van der Waals surface area (Å²) >= 11 is 7.80. The summed E-state index contributed by atoms with van der Waals surface area (Å²) in [5.41, 5.74) is 22.2. The van der Waals surface area contributed by atoms with Crippen LogP contribution in [0.15, 0.2) is 108 Å². The molecular weight excluding hydrogens is 1410 g/mol. The summed E-state index contributed by atoms with van der Waals surface area (Å²) in [7, 11) is 5.07. The zero-order valence-electron chi connectivity index (χ0n) is 70.8. The van der Waals surface area contributed by atoms with Crippen LogP contribution in [0.5, 0.6) is 0 Å². The van der Waals surface area contributed by atoms with Crippen LogP contribution in [0.25, 0.3) is 51.5 Å². The lowest BCUT2D eigenvalue weighted by atomic mass is 9.75. The first kappa shape index (κ1) is 82.3. The number of hydrogen-bond acceptors (Lipinski definition) is 4. The van der Waals surface area contributed by atoms with E-state index in [-0.39, 0.29) is 65.0 Å². The third kappa shape index (κ3) is 17.1. The Morgan fingerprint density at radius 2 is 0.375 bits per heavy atom. The molecule has 0 N–H and O–H groups in total. The predicted molar refractivity (Wildman–Crippen MR) is 479 cm³/mol. The van der Waals surface area contributed by atoms with Crippen LogP contribution in [0.4, 0.5) is 0 Å². The number of benzene rings is 4. The molecule has 0 unspecified atom stereocenters. The van der Waals surface area contributed by atoms with E-state index in [0.29, 0.717) is 0 Å². The normalized spacial score (nSPS) is 14.8. The Bertz CT molecular complexity index is 4620. The lowest BCUT2D eigenvalue weighted by Gasteiger charge is -2.33. The van der Waals surface area contributed by atoms with Crippen molar-refractivity contribution in [1.82, 2.24) is 0 Å². The van der Waals surface area contributed by atoms with Gasteiger partial charge in [-0.2, -0.15) is 0 Å². The van der Waals surface area contributed by atoms with Gasteiger partial charge in [0.1, 0.15) is 0 Å². The summed E-state index contributed by atoms with van der Waals surface area (Å²) < 4.78 is 0. The molecule has 0 bridgehead atoms. The van der Waals surface area contributed by atoms with E-state index in [9.17, 15) is 0 Å². The van der Waals surface area contributed by atoms with E-state index < -0.39 is 0 Å². The van der Waals surface area contributed by atoms with Crippen LogP contribution in [-0.4, -0.2) is 0 Å². The molecule has 0 aliphatic rings. The molecule has 4 heterocycles. The largest absolute Gasteiger partial charge is 0.144 e. The van der Waals surface area contributed by atoms with Crippen molar-refractivity contribution in [2.75, 3.05) is 0 Å². The molecule has 0 saturated heterocycles. The second-order valence-electron chi connectivity index (χ2n) is 42.3. The summed E-state index contributed by atoms with van der Waals surface area (Å²) in [5, 5.41) is 10.5. The molecule has 6 aromatic carbocycles. The smallest absolute Gasteiger partial charge is 0.0449 e. The predicted octanol–water partition coefficient (Wildman–Crippen LogP) is 30.8. The van der Waals surface area contributed by atoms with Crippen molar-refractivity contribution < 1.29 is 0 Å². The minimum Gasteiger partial charge on any atom is -0.144 e. The van der Waals surface area contributed by atoms with E-state index in [4.69, 9.17) is 0 Å². The topological polar surface area (TPSA) is 0 Å². The van der Waals surface area contributed by atoms with Gasteiger partial charge in [0.15, 0.2) is 0 Å². The number of thiophene rings is 4. The van der Waals surface area contributed by atoms with Crippen LogP contribution in [0.2, 0.25) is 0 Å². The summed E-state index contributed by atoms with van der Waals surface area (Å²) in [6, 6.07) is 40.0. The quantitative estimate of drug-likeness (QED) is 0.126. The molecule has 0 radical (unpaired) electrons. The van der Waals surface area contributed by atoms with Crippen molar-refractivity contribution in [3.8, 4) is 51.5 Å². The second-order valence-corrected chi connectivity index (χ2v) is 50.8. The van der Waals surface area contributed by atoms with Gasteiger partial charge in [-0.15, -0.1) is 45.3 Å². The summed E-state index contributed by atoms with van der Waals surface area (Å²) in [4.78, 5) is 13.9. The minimum absolute atomic E-state index is 0.00369. The van der Waals surface area contributed by atoms with Gasteiger partial charge >= 0.3 is 0 Å². The van der Waals surface area contributed by atoms with Crippen molar-refractivity contribution in [1.29, 1.82) is 0 Å². The molecule has 10 rings (SSSR count). The van der Waals surface area contributed by atoms with Crippen molar-refractivity contribution in [2.45, 2.75) is 314 Å². The van der Waals surface area contributed by atoms with Gasteiger partial charge in [0.05, 0.1) is 0 Å². The van der Waals surface area contributed by atoms with Gasteiger partial charge in [-0.05, 0) is 179 Å². The molecule has 0 spiro atoms. The van der Waals surface area contributed by atoms with Gasteiger partial charge in [0, 0.05) is 92.5 Å². The maximum absolute atomic E-state index is 2.59. The van der Waals surface area contributed by atoms with Crippen molar-refractivity contribution >= 4 is 99.4 Å². The summed E-state index contributed by atoms with van der Waals surface area (Å²) in [5.74, 6) is 0. The SMILES string of the molecule is CC(C)(C)c1cc(C(C)(C)C)c(P=c2c(-c3cccs3)c(-c3ccc(-c4ccc(-c5c(-c6cccs6)c(=Pc6c(C(C)(C)C)cc(C(C)(C)C)cc6C(C)(C)C)c5=Pc5c(C(C)(C)C)cc(C(C)(C)C)cc5C(C)(C)C)s4)s3)c2=Pc2c(C(C)(C)C)cc(C(C)(C)C)cc2C(C)(C)C)c(C(C)(C)C)c1. The third-order valence-electron chi connectivity index (χ3n) is 20.6. The molecule has 0 nitrogen and oxygen atoms in total. The maximum atomic E-state index is 2.59. The fraction of sp³-hybridized carbons (Fsp3) is 0.500. The average Bonchev–Trinajstić information content (AvgIpc) is 1.18. The standard InChI is InChI=1S/C96H126P4S4/c1-85(2,3)55-47-59(89(13,14)15)77(60(48-55)90(16,17)18)97-81-73(69-39-37-45-101-69)75(83(81)99-79-63(93(25,26)27)51-57(87(7,8)9)52-64(79)94(28,29)30)71-43-41-67(103-71)68-42-44-72(104-68)76-74(70-40-38-46-102-70)82(98-78-61(91(19,20)21)49-56(86(4,5)6)50-62(78)92(22,23)24)84(76)100-80-65(95(31,32)33)53-58(88(10,11)12)54-66(80)96(34,35)36/h37-54H,1-36H3. The molecule has 0 aliphatic carbocycles. The Labute approximate surface area is 654 Å². The van der Waals surface area contributed by atoms with E-state index in [1.165, 1.54) is 192 Å². The zero-order chi connectivity index (χ0) is 77.7. The molecule has 104 heavy (non-hydrogen) atoms.